The Morgan fingerprint density at radius 1 is 0.211 bits per heavy atom. The van der Waals surface area contributed by atoms with Crippen molar-refractivity contribution in [2.75, 3.05) is 0 Å². The second-order valence-corrected chi connectivity index (χ2v) is 209. The number of hydrogen-bond donors (Lipinski definition) is 0. The topological polar surface area (TPSA) is 0 Å². The van der Waals surface area contributed by atoms with Crippen LogP contribution in [0, 0.1) is 0 Å². The second-order valence-electron chi connectivity index (χ2n) is 21.8. The second kappa shape index (κ2) is 8.05. The SMILES string of the molecule is C[Si](C)(C)[Si]12[Si](C)(C)[Si]3([Si](C)(C)C)[Si](C)(C)[Si]([Si](C)(C)C)([Si]1(C)C)[Si](C)(C)[Si]([Si](C)(C)C)([Si]2(C)C)[Si]3(C)C. The van der Waals surface area contributed by atoms with Gasteiger partial charge < -0.3 is 0 Å². The maximum Gasteiger partial charge on any atom is 0.0305 e. The van der Waals surface area contributed by atoms with Crippen molar-refractivity contribution in [3.8, 4) is 0 Å². The molecule has 0 amide bonds. The molecule has 4 fully saturated rings. The van der Waals surface area contributed by atoms with Crippen molar-refractivity contribution in [1.29, 1.82) is 0 Å². The van der Waals surface area contributed by atoms with Crippen LogP contribution in [0.1, 0.15) is 0 Å². The third-order valence-electron chi connectivity index (χ3n) is 15.8. The molecule has 0 nitrogen and oxygen atoms in total. The lowest BCUT2D eigenvalue weighted by molar-refractivity contribution is 1.72. The third-order valence-corrected chi connectivity index (χ3v) is 547. The summed E-state index contributed by atoms with van der Waals surface area (Å²) in [5.74, 6) is 0. The van der Waals surface area contributed by atoms with Crippen LogP contribution in [0.4, 0.5) is 0 Å². The van der Waals surface area contributed by atoms with Gasteiger partial charge in [-0.25, -0.2) is 0 Å². The molecule has 0 atom stereocenters. The van der Waals surface area contributed by atoms with E-state index in [-0.39, 0.29) is 0 Å². The van der Waals surface area contributed by atoms with Gasteiger partial charge in [0.1, 0.15) is 0 Å². The van der Waals surface area contributed by atoms with Gasteiger partial charge >= 0.3 is 0 Å². The molecule has 4 heterocycles. The highest BCUT2D eigenvalue weighted by Crippen LogP contribution is 2.75. The van der Waals surface area contributed by atoms with E-state index in [0.717, 1.165) is 0 Å². The summed E-state index contributed by atoms with van der Waals surface area (Å²) in [5, 5.41) is 0. The minimum absolute atomic E-state index is 1.32. The van der Waals surface area contributed by atoms with Crippen LogP contribution in [0.15, 0.2) is 0 Å². The molecule has 4 aliphatic heterocycles. The van der Waals surface area contributed by atoms with E-state index in [4.69, 9.17) is 0 Å². The average Bonchev–Trinajstić information content (AvgIpc) is 2.41. The molecular formula is C24H72Si14. The van der Waals surface area contributed by atoms with Crippen molar-refractivity contribution < 1.29 is 0 Å². The van der Waals surface area contributed by atoms with Gasteiger partial charge in [0.15, 0.2) is 0 Å². The molecule has 0 aromatic rings. The fourth-order valence-corrected chi connectivity index (χ4v) is 1330. The zero-order valence-electron chi connectivity index (χ0n) is 31.0. The fraction of sp³-hybridized carbons (Fsp3) is 1.00. The summed E-state index contributed by atoms with van der Waals surface area (Å²) < 4.78 is 0. The minimum atomic E-state index is -1.39. The van der Waals surface area contributed by atoms with Gasteiger partial charge in [0.2, 0.25) is 0 Å². The first-order valence-electron chi connectivity index (χ1n) is 16.0. The van der Waals surface area contributed by atoms with Crippen molar-refractivity contribution in [2.45, 2.75) is 157 Å². The van der Waals surface area contributed by atoms with Gasteiger partial charge in [0, 0.05) is 97.6 Å². The standard InChI is InChI=1S/C24H72Si14/c1-25(2,3)35-29(13,14)36(26(4,5)6)32(19,20)37(27(7,8)9,30(35,15)16)34(23,24)38(28(10,11)12,31(35,17)18)33(36,21)22/h1-24H3. The summed E-state index contributed by atoms with van der Waals surface area (Å²) in [6.07, 6.45) is -5.58. The molecule has 0 aromatic heterocycles. The molecule has 0 radical (unpaired) electrons. The molecule has 0 N–H and O–H groups in total. The Balaban J connectivity index is 3.10. The van der Waals surface area contributed by atoms with Gasteiger partial charge in [-0.1, -0.05) is 157 Å². The molecule has 0 aromatic carbocycles. The minimum Gasteiger partial charge on any atom is -0.0743 e. The van der Waals surface area contributed by atoms with Crippen LogP contribution in [-0.2, 0) is 0 Å². The highest BCUT2D eigenvalue weighted by atomic mass is 30.8. The molecule has 224 valence electrons. The highest BCUT2D eigenvalue weighted by Gasteiger charge is 3.06. The van der Waals surface area contributed by atoms with Gasteiger partial charge in [-0.05, 0) is 0 Å². The molecule has 0 aliphatic carbocycles. The summed E-state index contributed by atoms with van der Waals surface area (Å²) in [6.45, 7) is 76.9. The Labute approximate surface area is 252 Å². The van der Waals surface area contributed by atoms with Gasteiger partial charge in [-0.3, -0.25) is 0 Å². The van der Waals surface area contributed by atoms with E-state index in [0.29, 0.717) is 0 Å². The Hall–Kier alpha value is 3.04. The maximum absolute atomic E-state index is 3.32. The number of rotatable bonds is 4. The van der Waals surface area contributed by atoms with Crippen LogP contribution >= 0.6 is 0 Å². The van der Waals surface area contributed by atoms with Crippen molar-refractivity contribution >= 4 is 97.6 Å². The van der Waals surface area contributed by atoms with E-state index >= 15 is 0 Å². The maximum atomic E-state index is 3.32. The van der Waals surface area contributed by atoms with Crippen LogP contribution in [0.5, 0.6) is 0 Å². The summed E-state index contributed by atoms with van der Waals surface area (Å²) in [4.78, 5) is 0. The summed E-state index contributed by atoms with van der Waals surface area (Å²) in [5.41, 5.74) is 0. The zero-order chi connectivity index (χ0) is 31.0. The molecule has 0 unspecified atom stereocenters. The van der Waals surface area contributed by atoms with E-state index < -0.39 is 97.6 Å². The molecule has 4 rings (SSSR count). The summed E-state index contributed by atoms with van der Waals surface area (Å²) >= 11 is 0. The van der Waals surface area contributed by atoms with Crippen LogP contribution in [0.25, 0.3) is 0 Å². The predicted molar refractivity (Wildman–Crippen MR) is 221 cm³/mol. The van der Waals surface area contributed by atoms with Crippen LogP contribution in [0.3, 0.4) is 0 Å². The first-order valence-corrected chi connectivity index (χ1v) is 72.0. The third kappa shape index (κ3) is 2.61. The fourth-order valence-electron chi connectivity index (χ4n) is 22.3. The Morgan fingerprint density at radius 3 is 0.342 bits per heavy atom. The van der Waals surface area contributed by atoms with E-state index in [9.17, 15) is 0 Å². The lowest BCUT2D eigenvalue weighted by Crippen LogP contribution is -3.34. The molecule has 4 bridgehead atoms. The Morgan fingerprint density at radius 2 is 0.289 bits per heavy atom. The molecule has 0 saturated carbocycles. The van der Waals surface area contributed by atoms with Crippen molar-refractivity contribution in [3.63, 3.8) is 0 Å². The normalized spacial score (nSPS) is 42.3. The van der Waals surface area contributed by atoms with Gasteiger partial charge in [0.05, 0.1) is 0 Å². The molecule has 38 heavy (non-hydrogen) atoms. The molecule has 14 heteroatoms. The first kappa shape index (κ1) is 35.5. The van der Waals surface area contributed by atoms with Crippen LogP contribution in [-0.4, -0.2) is 97.6 Å². The van der Waals surface area contributed by atoms with Crippen molar-refractivity contribution in [2.24, 2.45) is 0 Å². The lowest BCUT2D eigenvalue weighted by Gasteiger charge is -3.01. The van der Waals surface area contributed by atoms with Gasteiger partial charge in [-0.15, -0.1) is 0 Å². The van der Waals surface area contributed by atoms with Gasteiger partial charge in [-0.2, -0.15) is 0 Å². The molecule has 4 aliphatic rings. The molecular weight excluding hydrogens is 681 g/mol. The van der Waals surface area contributed by atoms with E-state index in [1.807, 2.05) is 0 Å². The monoisotopic (exact) mass is 752 g/mol. The summed E-state index contributed by atoms with van der Waals surface area (Å²) in [6, 6.07) is 0. The largest absolute Gasteiger partial charge is 0.0743 e. The average molecular weight is 754 g/mol. The van der Waals surface area contributed by atoms with Crippen LogP contribution < -0.4 is 0 Å². The van der Waals surface area contributed by atoms with Crippen molar-refractivity contribution in [3.05, 3.63) is 0 Å². The Bertz CT molecular complexity index is 797. The predicted octanol–water partition coefficient (Wildman–Crippen LogP) is 8.68. The molecule has 4 saturated heterocycles. The molecule has 0 spiro atoms. The summed E-state index contributed by atoms with van der Waals surface area (Å²) in [7, 11) is -13.6. The lowest BCUT2D eigenvalue weighted by atomic mass is 11.8. The van der Waals surface area contributed by atoms with E-state index in [1.54, 1.807) is 0 Å². The smallest absolute Gasteiger partial charge is 0.0305 e. The first-order chi connectivity index (χ1) is 16.0. The van der Waals surface area contributed by atoms with Crippen molar-refractivity contribution in [1.82, 2.24) is 0 Å². The quantitative estimate of drug-likeness (QED) is 0.252. The van der Waals surface area contributed by atoms with Crippen LogP contribution in [0.2, 0.25) is 157 Å². The highest BCUT2D eigenvalue weighted by molar-refractivity contribution is 8.60. The van der Waals surface area contributed by atoms with E-state index in [1.165, 1.54) is 0 Å². The Kier molecular flexibility index (Phi) is 7.53. The zero-order valence-corrected chi connectivity index (χ0v) is 45.0. The van der Waals surface area contributed by atoms with E-state index in [2.05, 4.69) is 157 Å². The number of hydrogen-bond acceptors (Lipinski definition) is 0. The van der Waals surface area contributed by atoms with Gasteiger partial charge in [0.25, 0.3) is 0 Å².